The minimum atomic E-state index is -0.572. The van der Waals surface area contributed by atoms with Crippen LogP contribution in [0.2, 0.25) is 0 Å². The fraction of sp³-hybridized carbons (Fsp3) is 0.556. The summed E-state index contributed by atoms with van der Waals surface area (Å²) in [5.74, 6) is -1.12. The fourth-order valence-electron chi connectivity index (χ4n) is 4.26. The number of nitrogens with one attached hydrogen (secondary N) is 1. The summed E-state index contributed by atoms with van der Waals surface area (Å²) in [6, 6.07) is 1.70. The van der Waals surface area contributed by atoms with Gasteiger partial charge in [0, 0.05) is 16.7 Å². The maximum absolute atomic E-state index is 13.2. The van der Waals surface area contributed by atoms with Crippen LogP contribution in [-0.4, -0.2) is 22.2 Å². The topological polar surface area (TPSA) is 92.7 Å². The summed E-state index contributed by atoms with van der Waals surface area (Å²) in [6.45, 7) is 8.10. The number of hydrogen-bond acceptors (Lipinski definition) is 6. The standard InChI is InChI=1S/C27H37NO5/c1-5-6-7-8-9-10-11-12-13-14-19-22(29)24(31)21-20(18-15-16-32-17-18)26(28-27(2,3)4)33-25(21)23(19)30/h15-17,28-29H,5-14H2,1-4H3. The molecule has 180 valence electrons. The van der Waals surface area contributed by atoms with E-state index >= 15 is 0 Å². The smallest absolute Gasteiger partial charge is 0.232 e. The largest absolute Gasteiger partial charge is 0.504 e. The van der Waals surface area contributed by atoms with Crippen molar-refractivity contribution in [3.63, 3.8) is 0 Å². The molecule has 0 saturated heterocycles. The predicted molar refractivity (Wildman–Crippen MR) is 130 cm³/mol. The highest BCUT2D eigenvalue weighted by atomic mass is 16.4. The number of Topliss-reactive ketones (excluding diaryl/α,β-unsaturated/α-hetero) is 2. The SMILES string of the molecule is CCCCCCCCCCCC1=C(O)C(=O)c2c(oc(NC(C)(C)C)c2-c2ccoc2)C1=O. The Bertz CT molecular complexity index is 989. The van der Waals surface area contributed by atoms with E-state index in [-0.39, 0.29) is 22.4 Å². The van der Waals surface area contributed by atoms with Gasteiger partial charge < -0.3 is 19.3 Å². The Morgan fingerprint density at radius 2 is 1.55 bits per heavy atom. The lowest BCUT2D eigenvalue weighted by Gasteiger charge is -2.20. The van der Waals surface area contributed by atoms with Gasteiger partial charge in [0.25, 0.3) is 0 Å². The van der Waals surface area contributed by atoms with E-state index in [1.54, 1.807) is 6.07 Å². The average Bonchev–Trinajstić information content (AvgIpc) is 3.39. The molecule has 0 amide bonds. The molecule has 0 bridgehead atoms. The van der Waals surface area contributed by atoms with Crippen molar-refractivity contribution in [1.82, 2.24) is 0 Å². The molecule has 0 saturated carbocycles. The van der Waals surface area contributed by atoms with E-state index in [1.165, 1.54) is 51.1 Å². The molecule has 0 fully saturated rings. The van der Waals surface area contributed by atoms with Crippen LogP contribution >= 0.6 is 0 Å². The van der Waals surface area contributed by atoms with E-state index in [9.17, 15) is 14.7 Å². The van der Waals surface area contributed by atoms with Crippen LogP contribution < -0.4 is 5.32 Å². The summed E-state index contributed by atoms with van der Waals surface area (Å²) >= 11 is 0. The Hall–Kier alpha value is -2.76. The molecule has 2 aromatic rings. The normalized spacial score (nSPS) is 14.2. The summed E-state index contributed by atoms with van der Waals surface area (Å²) in [5, 5.41) is 13.9. The lowest BCUT2D eigenvalue weighted by Crippen LogP contribution is -2.26. The van der Waals surface area contributed by atoms with Gasteiger partial charge in [0.1, 0.15) is 0 Å². The molecule has 1 aliphatic rings. The summed E-state index contributed by atoms with van der Waals surface area (Å²) in [4.78, 5) is 26.4. The van der Waals surface area contributed by atoms with Gasteiger partial charge >= 0.3 is 0 Å². The molecule has 2 aromatic heterocycles. The van der Waals surface area contributed by atoms with E-state index in [2.05, 4.69) is 12.2 Å². The third-order valence-electron chi connectivity index (χ3n) is 5.95. The van der Waals surface area contributed by atoms with E-state index < -0.39 is 17.3 Å². The fourth-order valence-corrected chi connectivity index (χ4v) is 4.26. The first-order valence-electron chi connectivity index (χ1n) is 12.2. The van der Waals surface area contributed by atoms with Crippen LogP contribution in [0.25, 0.3) is 11.1 Å². The zero-order valence-electron chi connectivity index (χ0n) is 20.4. The molecule has 0 aromatic carbocycles. The molecule has 0 aliphatic heterocycles. The third kappa shape index (κ3) is 5.98. The first kappa shape index (κ1) is 24.9. The number of allylic oxidation sites excluding steroid dienone is 2. The number of unbranched alkanes of at least 4 members (excludes halogenated alkanes) is 8. The number of aliphatic hydroxyl groups excluding tert-OH is 1. The Kier molecular flexibility index (Phi) is 8.22. The van der Waals surface area contributed by atoms with Crippen molar-refractivity contribution in [3.8, 4) is 11.1 Å². The summed E-state index contributed by atoms with van der Waals surface area (Å²) in [6.07, 6.45) is 13.7. The summed E-state index contributed by atoms with van der Waals surface area (Å²) in [5.41, 5.74) is 0.954. The first-order chi connectivity index (χ1) is 15.7. The van der Waals surface area contributed by atoms with Gasteiger partial charge in [0.15, 0.2) is 11.5 Å². The van der Waals surface area contributed by atoms with Gasteiger partial charge in [-0.1, -0.05) is 58.3 Å². The second-order valence-electron chi connectivity index (χ2n) is 9.96. The molecular formula is C27H37NO5. The average molecular weight is 456 g/mol. The number of ketones is 2. The van der Waals surface area contributed by atoms with Crippen molar-refractivity contribution in [3.05, 3.63) is 41.2 Å². The zero-order valence-corrected chi connectivity index (χ0v) is 20.4. The zero-order chi connectivity index (χ0) is 24.0. The molecular weight excluding hydrogens is 418 g/mol. The van der Waals surface area contributed by atoms with Gasteiger partial charge in [-0.05, 0) is 39.7 Å². The van der Waals surface area contributed by atoms with Crippen LogP contribution in [0, 0.1) is 0 Å². The van der Waals surface area contributed by atoms with Crippen molar-refractivity contribution < 1.29 is 23.5 Å². The van der Waals surface area contributed by atoms with Gasteiger partial charge in [0.2, 0.25) is 17.5 Å². The highest BCUT2D eigenvalue weighted by molar-refractivity contribution is 6.28. The molecule has 2 heterocycles. The van der Waals surface area contributed by atoms with Crippen LogP contribution in [0.3, 0.4) is 0 Å². The molecule has 6 heteroatoms. The summed E-state index contributed by atoms with van der Waals surface area (Å²) in [7, 11) is 0. The second kappa shape index (κ2) is 10.9. The van der Waals surface area contributed by atoms with Gasteiger partial charge in [-0.15, -0.1) is 0 Å². The summed E-state index contributed by atoms with van der Waals surface area (Å²) < 4.78 is 11.1. The van der Waals surface area contributed by atoms with Crippen molar-refractivity contribution in [2.24, 2.45) is 0 Å². The van der Waals surface area contributed by atoms with Gasteiger partial charge in [-0.25, -0.2) is 0 Å². The van der Waals surface area contributed by atoms with E-state index in [1.807, 2.05) is 20.8 Å². The van der Waals surface area contributed by atoms with Gasteiger partial charge in [-0.2, -0.15) is 0 Å². The number of furan rings is 2. The molecule has 2 N–H and O–H groups in total. The molecule has 0 atom stereocenters. The predicted octanol–water partition coefficient (Wildman–Crippen LogP) is 7.86. The van der Waals surface area contributed by atoms with Gasteiger partial charge in [0.05, 0.1) is 23.7 Å². The molecule has 33 heavy (non-hydrogen) atoms. The third-order valence-corrected chi connectivity index (χ3v) is 5.95. The minimum Gasteiger partial charge on any atom is -0.504 e. The van der Waals surface area contributed by atoms with Crippen molar-refractivity contribution in [2.45, 2.75) is 97.4 Å². The number of anilines is 1. The highest BCUT2D eigenvalue weighted by Gasteiger charge is 2.40. The number of rotatable bonds is 12. The van der Waals surface area contributed by atoms with E-state index in [0.29, 0.717) is 23.4 Å². The number of carbonyl (C=O) groups is 2. The molecule has 3 rings (SSSR count). The monoisotopic (exact) mass is 455 g/mol. The number of fused-ring (bicyclic) bond motifs is 1. The number of aliphatic hydroxyl groups is 1. The number of hydrogen-bond donors (Lipinski definition) is 2. The van der Waals surface area contributed by atoms with Crippen LogP contribution in [0.5, 0.6) is 0 Å². The van der Waals surface area contributed by atoms with Crippen molar-refractivity contribution in [1.29, 1.82) is 0 Å². The van der Waals surface area contributed by atoms with E-state index in [4.69, 9.17) is 8.83 Å². The Balaban J connectivity index is 1.72. The maximum atomic E-state index is 13.2. The maximum Gasteiger partial charge on any atom is 0.232 e. The number of carbonyl (C=O) groups excluding carboxylic acids is 2. The van der Waals surface area contributed by atoms with Gasteiger partial charge in [-0.3, -0.25) is 9.59 Å². The Morgan fingerprint density at radius 1 is 0.909 bits per heavy atom. The van der Waals surface area contributed by atoms with E-state index in [0.717, 1.165) is 19.3 Å². The molecule has 0 radical (unpaired) electrons. The second-order valence-corrected chi connectivity index (χ2v) is 9.96. The molecule has 0 unspecified atom stereocenters. The van der Waals surface area contributed by atoms with Crippen LogP contribution in [0.1, 0.15) is 113 Å². The highest BCUT2D eigenvalue weighted by Crippen LogP contribution is 2.43. The van der Waals surface area contributed by atoms with Crippen LogP contribution in [0.4, 0.5) is 5.88 Å². The molecule has 1 aliphatic carbocycles. The van der Waals surface area contributed by atoms with Crippen molar-refractivity contribution in [2.75, 3.05) is 5.32 Å². The van der Waals surface area contributed by atoms with Crippen molar-refractivity contribution >= 4 is 17.5 Å². The van der Waals surface area contributed by atoms with Crippen LogP contribution in [0.15, 0.2) is 38.8 Å². The quantitative estimate of drug-likeness (QED) is 0.316. The molecule has 6 nitrogen and oxygen atoms in total. The Morgan fingerprint density at radius 3 is 2.12 bits per heavy atom. The lowest BCUT2D eigenvalue weighted by molar-refractivity contribution is 0.0911. The first-order valence-corrected chi connectivity index (χ1v) is 12.2. The minimum absolute atomic E-state index is 0.00771. The Labute approximate surface area is 196 Å². The molecule has 0 spiro atoms. The van der Waals surface area contributed by atoms with Crippen LogP contribution in [-0.2, 0) is 0 Å². The lowest BCUT2D eigenvalue weighted by atomic mass is 9.87.